The SMILES string of the molecule is NC(=O)[C@@H](Cc1c(Cl)cccc1Cl)NC(=O)c1cccc(F)c1. The number of halogens is 3. The molecule has 2 aromatic carbocycles. The van der Waals surface area contributed by atoms with Gasteiger partial charge in [0.25, 0.3) is 5.91 Å². The van der Waals surface area contributed by atoms with Crippen LogP contribution in [0.4, 0.5) is 4.39 Å². The fourth-order valence-corrected chi connectivity index (χ4v) is 2.58. The van der Waals surface area contributed by atoms with Crippen LogP contribution in [-0.4, -0.2) is 17.9 Å². The van der Waals surface area contributed by atoms with Gasteiger partial charge in [0.15, 0.2) is 0 Å². The fraction of sp³-hybridized carbons (Fsp3) is 0.125. The highest BCUT2D eigenvalue weighted by atomic mass is 35.5. The predicted molar refractivity (Wildman–Crippen MR) is 87.0 cm³/mol. The predicted octanol–water partition coefficient (Wildman–Crippen LogP) is 2.96. The van der Waals surface area contributed by atoms with Gasteiger partial charge in [-0.2, -0.15) is 0 Å². The Morgan fingerprint density at radius 1 is 1.13 bits per heavy atom. The van der Waals surface area contributed by atoms with E-state index in [1.54, 1.807) is 18.2 Å². The molecule has 0 aromatic heterocycles. The van der Waals surface area contributed by atoms with Crippen molar-refractivity contribution in [3.8, 4) is 0 Å². The largest absolute Gasteiger partial charge is 0.368 e. The Labute approximate surface area is 142 Å². The molecule has 0 saturated heterocycles. The van der Waals surface area contributed by atoms with E-state index in [-0.39, 0.29) is 12.0 Å². The zero-order valence-corrected chi connectivity index (χ0v) is 13.4. The molecule has 2 amide bonds. The van der Waals surface area contributed by atoms with Crippen molar-refractivity contribution < 1.29 is 14.0 Å². The second-order valence-electron chi connectivity index (χ2n) is 4.84. The first-order valence-corrected chi connectivity index (χ1v) is 7.42. The molecule has 0 aliphatic heterocycles. The number of benzene rings is 2. The number of carbonyl (C=O) groups excluding carboxylic acids is 2. The van der Waals surface area contributed by atoms with Crippen molar-refractivity contribution in [2.45, 2.75) is 12.5 Å². The van der Waals surface area contributed by atoms with Gasteiger partial charge in [-0.05, 0) is 35.9 Å². The van der Waals surface area contributed by atoms with E-state index < -0.39 is 23.7 Å². The molecule has 2 aromatic rings. The van der Waals surface area contributed by atoms with E-state index in [0.717, 1.165) is 6.07 Å². The molecule has 0 bridgehead atoms. The summed E-state index contributed by atoms with van der Waals surface area (Å²) in [6.07, 6.45) is 0.0366. The van der Waals surface area contributed by atoms with E-state index in [4.69, 9.17) is 28.9 Å². The molecule has 4 nitrogen and oxygen atoms in total. The molecule has 23 heavy (non-hydrogen) atoms. The van der Waals surface area contributed by atoms with Crippen molar-refractivity contribution in [2.75, 3.05) is 0 Å². The maximum Gasteiger partial charge on any atom is 0.252 e. The normalized spacial score (nSPS) is 11.8. The quantitative estimate of drug-likeness (QED) is 0.866. The number of hydrogen-bond acceptors (Lipinski definition) is 2. The smallest absolute Gasteiger partial charge is 0.252 e. The number of amides is 2. The highest BCUT2D eigenvalue weighted by molar-refractivity contribution is 6.36. The number of nitrogens with one attached hydrogen (secondary N) is 1. The van der Waals surface area contributed by atoms with Crippen molar-refractivity contribution in [2.24, 2.45) is 5.73 Å². The molecule has 0 radical (unpaired) electrons. The molecule has 0 heterocycles. The summed E-state index contributed by atoms with van der Waals surface area (Å²) in [5, 5.41) is 3.19. The standard InChI is InChI=1S/C16H13Cl2FN2O2/c17-12-5-2-6-13(18)11(12)8-14(15(20)22)21-16(23)9-3-1-4-10(19)7-9/h1-7,14H,8H2,(H2,20,22)(H,21,23)/t14-/m1/s1. The Bertz CT molecular complexity index is 732. The number of primary amides is 1. The molecule has 0 unspecified atom stereocenters. The molecule has 0 saturated carbocycles. The summed E-state index contributed by atoms with van der Waals surface area (Å²) in [6.45, 7) is 0. The van der Waals surface area contributed by atoms with E-state index in [9.17, 15) is 14.0 Å². The van der Waals surface area contributed by atoms with Gasteiger partial charge >= 0.3 is 0 Å². The molecule has 0 spiro atoms. The van der Waals surface area contributed by atoms with Gasteiger partial charge in [0.2, 0.25) is 5.91 Å². The minimum absolute atomic E-state index is 0.0366. The van der Waals surface area contributed by atoms with Crippen molar-refractivity contribution in [3.63, 3.8) is 0 Å². The average molecular weight is 355 g/mol. The molecule has 0 aliphatic carbocycles. The molecular formula is C16H13Cl2FN2O2. The first-order valence-electron chi connectivity index (χ1n) is 6.67. The first-order chi connectivity index (χ1) is 10.9. The van der Waals surface area contributed by atoms with Crippen molar-refractivity contribution >= 4 is 35.0 Å². The number of carbonyl (C=O) groups is 2. The second kappa shape index (κ2) is 7.44. The third-order valence-electron chi connectivity index (χ3n) is 3.21. The van der Waals surface area contributed by atoms with Gasteiger partial charge in [0.05, 0.1) is 0 Å². The lowest BCUT2D eigenvalue weighted by atomic mass is 10.0. The van der Waals surface area contributed by atoms with E-state index in [0.29, 0.717) is 15.6 Å². The molecule has 2 rings (SSSR count). The van der Waals surface area contributed by atoms with Crippen molar-refractivity contribution in [1.29, 1.82) is 0 Å². The Morgan fingerprint density at radius 2 is 1.74 bits per heavy atom. The lowest BCUT2D eigenvalue weighted by molar-refractivity contribution is -0.119. The highest BCUT2D eigenvalue weighted by Crippen LogP contribution is 2.25. The van der Waals surface area contributed by atoms with Crippen LogP contribution in [0.25, 0.3) is 0 Å². The first kappa shape index (κ1) is 17.2. The molecule has 0 fully saturated rings. The maximum absolute atomic E-state index is 13.2. The lowest BCUT2D eigenvalue weighted by Gasteiger charge is -2.17. The zero-order chi connectivity index (χ0) is 17.0. The van der Waals surface area contributed by atoms with Crippen LogP contribution in [0.15, 0.2) is 42.5 Å². The fourth-order valence-electron chi connectivity index (χ4n) is 2.03. The molecule has 7 heteroatoms. The second-order valence-corrected chi connectivity index (χ2v) is 5.66. The van der Waals surface area contributed by atoms with Crippen LogP contribution >= 0.6 is 23.2 Å². The highest BCUT2D eigenvalue weighted by Gasteiger charge is 2.22. The topological polar surface area (TPSA) is 72.2 Å². The molecule has 1 atom stereocenters. The van der Waals surface area contributed by atoms with E-state index >= 15 is 0 Å². The van der Waals surface area contributed by atoms with Crippen LogP contribution in [0, 0.1) is 5.82 Å². The van der Waals surface area contributed by atoms with Gasteiger partial charge in [-0.1, -0.05) is 35.3 Å². The van der Waals surface area contributed by atoms with Crippen LogP contribution in [0.1, 0.15) is 15.9 Å². The van der Waals surface area contributed by atoms with Crippen molar-refractivity contribution in [3.05, 3.63) is 69.5 Å². The summed E-state index contributed by atoms with van der Waals surface area (Å²) in [6, 6.07) is 8.99. The monoisotopic (exact) mass is 354 g/mol. The van der Waals surface area contributed by atoms with Gasteiger partial charge in [0, 0.05) is 22.0 Å². The molecular weight excluding hydrogens is 342 g/mol. The summed E-state index contributed by atoms with van der Waals surface area (Å²) in [4.78, 5) is 23.7. The molecule has 120 valence electrons. The zero-order valence-electron chi connectivity index (χ0n) is 11.9. The van der Waals surface area contributed by atoms with Crippen LogP contribution in [0.5, 0.6) is 0 Å². The van der Waals surface area contributed by atoms with Crippen molar-refractivity contribution in [1.82, 2.24) is 5.32 Å². The lowest BCUT2D eigenvalue weighted by Crippen LogP contribution is -2.46. The van der Waals surface area contributed by atoms with Crippen LogP contribution in [-0.2, 0) is 11.2 Å². The third kappa shape index (κ3) is 4.43. The van der Waals surface area contributed by atoms with Gasteiger partial charge < -0.3 is 11.1 Å². The Kier molecular flexibility index (Phi) is 5.58. The summed E-state index contributed by atoms with van der Waals surface area (Å²) in [5.74, 6) is -1.91. The van der Waals surface area contributed by atoms with Crippen LogP contribution in [0.2, 0.25) is 10.0 Å². The summed E-state index contributed by atoms with van der Waals surface area (Å²) >= 11 is 12.1. The molecule has 0 aliphatic rings. The summed E-state index contributed by atoms with van der Waals surface area (Å²) in [7, 11) is 0. The Balaban J connectivity index is 2.19. The van der Waals surface area contributed by atoms with Gasteiger partial charge in [-0.3, -0.25) is 9.59 Å². The number of hydrogen-bond donors (Lipinski definition) is 2. The third-order valence-corrected chi connectivity index (χ3v) is 3.91. The van der Waals surface area contributed by atoms with Gasteiger partial charge in [0.1, 0.15) is 11.9 Å². The van der Waals surface area contributed by atoms with E-state index in [1.807, 2.05) is 0 Å². The minimum Gasteiger partial charge on any atom is -0.368 e. The number of rotatable bonds is 5. The minimum atomic E-state index is -1.02. The molecule has 3 N–H and O–H groups in total. The van der Waals surface area contributed by atoms with E-state index in [1.165, 1.54) is 18.2 Å². The maximum atomic E-state index is 13.2. The Morgan fingerprint density at radius 3 is 2.30 bits per heavy atom. The summed E-state index contributed by atoms with van der Waals surface area (Å²) in [5.41, 5.74) is 5.91. The summed E-state index contributed by atoms with van der Waals surface area (Å²) < 4.78 is 13.2. The Hall–Kier alpha value is -2.11. The van der Waals surface area contributed by atoms with Gasteiger partial charge in [-0.15, -0.1) is 0 Å². The number of nitrogens with two attached hydrogens (primary N) is 1. The average Bonchev–Trinajstić information content (AvgIpc) is 2.49. The van der Waals surface area contributed by atoms with E-state index in [2.05, 4.69) is 5.32 Å². The van der Waals surface area contributed by atoms with Crippen LogP contribution < -0.4 is 11.1 Å². The van der Waals surface area contributed by atoms with Gasteiger partial charge in [-0.25, -0.2) is 4.39 Å². The van der Waals surface area contributed by atoms with Crippen LogP contribution in [0.3, 0.4) is 0 Å².